The van der Waals surface area contributed by atoms with Crippen molar-refractivity contribution in [1.82, 2.24) is 14.9 Å². The standard InChI is InChI=1S/C18H21N3O3/c1-10-6-12(22)7-16(23)13(10)8-21-5-4-15-14(9-21)18(24)20-17(19-15)11-2-3-11/h6-7,11,22-23H,2-5,8-9H2,1H3,(H,19,20,24). The smallest absolute Gasteiger partial charge is 0.255 e. The van der Waals surface area contributed by atoms with E-state index in [1.54, 1.807) is 6.07 Å². The van der Waals surface area contributed by atoms with Crippen LogP contribution in [0.2, 0.25) is 0 Å². The Bertz CT molecular complexity index is 832. The van der Waals surface area contributed by atoms with Crippen molar-refractivity contribution < 1.29 is 10.2 Å². The lowest BCUT2D eigenvalue weighted by atomic mass is 10.0. The minimum absolute atomic E-state index is 0.0294. The van der Waals surface area contributed by atoms with Gasteiger partial charge in [-0.2, -0.15) is 0 Å². The van der Waals surface area contributed by atoms with Crippen LogP contribution in [-0.2, 0) is 19.5 Å². The van der Waals surface area contributed by atoms with Gasteiger partial charge in [0.15, 0.2) is 0 Å². The normalized spacial score (nSPS) is 17.7. The van der Waals surface area contributed by atoms with Gasteiger partial charge in [-0.3, -0.25) is 9.69 Å². The van der Waals surface area contributed by atoms with Gasteiger partial charge in [0.05, 0.1) is 11.3 Å². The molecule has 1 aromatic carbocycles. The van der Waals surface area contributed by atoms with E-state index in [1.165, 1.54) is 6.07 Å². The van der Waals surface area contributed by atoms with Crippen LogP contribution in [0.5, 0.6) is 11.5 Å². The van der Waals surface area contributed by atoms with E-state index in [0.717, 1.165) is 54.0 Å². The highest BCUT2D eigenvalue weighted by molar-refractivity contribution is 5.44. The summed E-state index contributed by atoms with van der Waals surface area (Å²) in [6, 6.07) is 3.00. The molecule has 3 N–H and O–H groups in total. The third-order valence-corrected chi connectivity index (χ3v) is 4.95. The second-order valence-corrected chi connectivity index (χ2v) is 6.87. The molecule has 6 heteroatoms. The average Bonchev–Trinajstić information content (AvgIpc) is 3.36. The van der Waals surface area contributed by atoms with Crippen molar-refractivity contribution in [3.8, 4) is 11.5 Å². The Morgan fingerprint density at radius 2 is 2.12 bits per heavy atom. The summed E-state index contributed by atoms with van der Waals surface area (Å²) in [5.74, 6) is 1.44. The minimum Gasteiger partial charge on any atom is -0.508 e. The van der Waals surface area contributed by atoms with Gasteiger partial charge in [0.1, 0.15) is 17.3 Å². The molecule has 0 unspecified atom stereocenters. The van der Waals surface area contributed by atoms with Crippen LogP contribution < -0.4 is 5.56 Å². The van der Waals surface area contributed by atoms with E-state index in [-0.39, 0.29) is 17.1 Å². The van der Waals surface area contributed by atoms with E-state index in [0.29, 0.717) is 19.0 Å². The summed E-state index contributed by atoms with van der Waals surface area (Å²) in [6.07, 6.45) is 2.98. The highest BCUT2D eigenvalue weighted by Gasteiger charge is 2.29. The van der Waals surface area contributed by atoms with Crippen molar-refractivity contribution in [2.75, 3.05) is 6.54 Å². The molecule has 24 heavy (non-hydrogen) atoms. The van der Waals surface area contributed by atoms with Gasteiger partial charge in [-0.25, -0.2) is 4.98 Å². The molecule has 1 aliphatic heterocycles. The van der Waals surface area contributed by atoms with E-state index in [2.05, 4.69) is 14.9 Å². The molecule has 2 aliphatic rings. The predicted octanol–water partition coefficient (Wildman–Crippen LogP) is 1.93. The Morgan fingerprint density at radius 1 is 1.33 bits per heavy atom. The van der Waals surface area contributed by atoms with Crippen molar-refractivity contribution in [3.05, 3.63) is 50.7 Å². The van der Waals surface area contributed by atoms with Crippen molar-refractivity contribution in [2.24, 2.45) is 0 Å². The minimum atomic E-state index is -0.0294. The molecular formula is C18H21N3O3. The first-order chi connectivity index (χ1) is 11.5. The maximum Gasteiger partial charge on any atom is 0.255 e. The maximum absolute atomic E-state index is 12.4. The summed E-state index contributed by atoms with van der Waals surface area (Å²) >= 11 is 0. The van der Waals surface area contributed by atoms with Crippen LogP contribution in [0.3, 0.4) is 0 Å². The number of fused-ring (bicyclic) bond motifs is 1. The molecule has 6 nitrogen and oxygen atoms in total. The molecule has 0 atom stereocenters. The van der Waals surface area contributed by atoms with Gasteiger partial charge >= 0.3 is 0 Å². The SMILES string of the molecule is Cc1cc(O)cc(O)c1CN1CCc2nc(C3CC3)[nH]c(=O)c2C1. The third-order valence-electron chi connectivity index (χ3n) is 4.95. The molecule has 1 aliphatic carbocycles. The number of aromatic nitrogens is 2. The zero-order valence-corrected chi connectivity index (χ0v) is 13.7. The van der Waals surface area contributed by atoms with Crippen LogP contribution in [0.15, 0.2) is 16.9 Å². The number of H-pyrrole nitrogens is 1. The fraction of sp³-hybridized carbons (Fsp3) is 0.444. The summed E-state index contributed by atoms with van der Waals surface area (Å²) in [6.45, 7) is 3.74. The molecule has 2 heterocycles. The summed E-state index contributed by atoms with van der Waals surface area (Å²) in [5.41, 5.74) is 3.26. The molecule has 1 fully saturated rings. The Balaban J connectivity index is 1.58. The van der Waals surface area contributed by atoms with Gasteiger partial charge in [0.25, 0.3) is 5.56 Å². The summed E-state index contributed by atoms with van der Waals surface area (Å²) in [4.78, 5) is 22.1. The van der Waals surface area contributed by atoms with Crippen LogP contribution in [0, 0.1) is 6.92 Å². The van der Waals surface area contributed by atoms with Crippen LogP contribution in [0.4, 0.5) is 0 Å². The van der Waals surface area contributed by atoms with E-state index >= 15 is 0 Å². The van der Waals surface area contributed by atoms with Crippen molar-refractivity contribution in [3.63, 3.8) is 0 Å². The number of nitrogens with zero attached hydrogens (tertiary/aromatic N) is 2. The molecule has 0 saturated heterocycles. The Hall–Kier alpha value is -2.34. The quantitative estimate of drug-likeness (QED) is 0.801. The fourth-order valence-electron chi connectivity index (χ4n) is 3.39. The number of benzene rings is 1. The van der Waals surface area contributed by atoms with Gasteiger partial charge < -0.3 is 15.2 Å². The van der Waals surface area contributed by atoms with E-state index in [1.807, 2.05) is 6.92 Å². The first kappa shape index (κ1) is 15.2. The topological polar surface area (TPSA) is 89.4 Å². The molecule has 2 aromatic rings. The maximum atomic E-state index is 12.4. The molecule has 4 rings (SSSR count). The molecule has 1 aromatic heterocycles. The highest BCUT2D eigenvalue weighted by Crippen LogP contribution is 2.38. The fourth-order valence-corrected chi connectivity index (χ4v) is 3.39. The predicted molar refractivity (Wildman–Crippen MR) is 89.2 cm³/mol. The summed E-state index contributed by atoms with van der Waals surface area (Å²) in [7, 11) is 0. The molecule has 0 spiro atoms. The Kier molecular flexibility index (Phi) is 3.57. The molecule has 0 radical (unpaired) electrons. The number of aromatic hydroxyl groups is 2. The van der Waals surface area contributed by atoms with Crippen molar-refractivity contribution >= 4 is 0 Å². The number of phenolic OH excluding ortho intramolecular Hbond substituents is 2. The molecule has 0 amide bonds. The van der Waals surface area contributed by atoms with Gasteiger partial charge in [-0.15, -0.1) is 0 Å². The summed E-state index contributed by atoms with van der Waals surface area (Å²) in [5, 5.41) is 19.6. The second kappa shape index (κ2) is 5.63. The van der Waals surface area contributed by atoms with Crippen LogP contribution in [0.25, 0.3) is 0 Å². The zero-order chi connectivity index (χ0) is 16.8. The monoisotopic (exact) mass is 327 g/mol. The number of aryl methyl sites for hydroxylation is 1. The highest BCUT2D eigenvalue weighted by atomic mass is 16.3. The molecule has 0 bridgehead atoms. The summed E-state index contributed by atoms with van der Waals surface area (Å²) < 4.78 is 0. The zero-order valence-electron chi connectivity index (χ0n) is 13.7. The number of rotatable bonds is 3. The number of nitrogens with one attached hydrogen (secondary N) is 1. The van der Waals surface area contributed by atoms with Crippen molar-refractivity contribution in [2.45, 2.75) is 45.2 Å². The van der Waals surface area contributed by atoms with Crippen molar-refractivity contribution in [1.29, 1.82) is 0 Å². The van der Waals surface area contributed by atoms with E-state index in [4.69, 9.17) is 0 Å². The largest absolute Gasteiger partial charge is 0.508 e. The van der Waals surface area contributed by atoms with Gasteiger partial charge in [0.2, 0.25) is 0 Å². The first-order valence-corrected chi connectivity index (χ1v) is 8.37. The van der Waals surface area contributed by atoms with Crippen LogP contribution >= 0.6 is 0 Å². The van der Waals surface area contributed by atoms with Crippen LogP contribution in [-0.4, -0.2) is 31.6 Å². The van der Waals surface area contributed by atoms with E-state index < -0.39 is 0 Å². The number of aromatic amines is 1. The van der Waals surface area contributed by atoms with Crippen LogP contribution in [0.1, 0.15) is 47.0 Å². The Morgan fingerprint density at radius 3 is 2.83 bits per heavy atom. The number of hydrogen-bond acceptors (Lipinski definition) is 5. The Labute approximate surface area is 139 Å². The number of phenols is 2. The molecule has 1 saturated carbocycles. The van der Waals surface area contributed by atoms with E-state index in [9.17, 15) is 15.0 Å². The molecular weight excluding hydrogens is 306 g/mol. The lowest BCUT2D eigenvalue weighted by Gasteiger charge is -2.28. The van der Waals surface area contributed by atoms with Gasteiger partial charge in [0, 0.05) is 43.6 Å². The van der Waals surface area contributed by atoms with Gasteiger partial charge in [-0.1, -0.05) is 0 Å². The lowest BCUT2D eigenvalue weighted by Crippen LogP contribution is -2.35. The van der Waals surface area contributed by atoms with Gasteiger partial charge in [-0.05, 0) is 31.4 Å². The number of hydrogen-bond donors (Lipinski definition) is 3. The average molecular weight is 327 g/mol. The molecule has 126 valence electrons. The first-order valence-electron chi connectivity index (χ1n) is 8.37. The second-order valence-electron chi connectivity index (χ2n) is 6.87. The lowest BCUT2D eigenvalue weighted by molar-refractivity contribution is 0.237. The third kappa shape index (κ3) is 2.78.